The fourth-order valence-corrected chi connectivity index (χ4v) is 0. The second-order valence-corrected chi connectivity index (χ2v) is 2.09. The average Bonchev–Trinajstić information content (AvgIpc) is 2.40. The summed E-state index contributed by atoms with van der Waals surface area (Å²) >= 11 is 0. The number of carbonyl (C=O) groups excluding carboxylic acids is 4. The third kappa shape index (κ3) is 139. The molecule has 0 rings (SSSR count). The molecular formula is C12H12O8Re-4. The van der Waals surface area contributed by atoms with E-state index >= 15 is 0 Å². The summed E-state index contributed by atoms with van der Waals surface area (Å²) in [6.07, 6.45) is 2.89. The molecule has 0 unspecified atom stereocenters. The predicted octanol–water partition coefficient (Wildman–Crippen LogP) is -4.31. The Bertz CT molecular complexity index is 301. The third-order valence-corrected chi connectivity index (χ3v) is 0.667. The van der Waals surface area contributed by atoms with Gasteiger partial charge in [0.1, 0.15) is 0 Å². The minimum atomic E-state index is -1.23. The van der Waals surface area contributed by atoms with Gasteiger partial charge in [0.25, 0.3) is 0 Å². The van der Waals surface area contributed by atoms with Crippen molar-refractivity contribution < 1.29 is 60.0 Å². The van der Waals surface area contributed by atoms with Crippen LogP contribution in [0.4, 0.5) is 0 Å². The number of carboxylic acids is 4. The van der Waals surface area contributed by atoms with Crippen LogP contribution in [0.3, 0.4) is 0 Å². The SMILES string of the molecule is C=CC(=O)[O-].C=CC(=O)[O-].C=CC(=O)[O-].C=CC(=O)[O-].[Re]. The van der Waals surface area contributed by atoms with Crippen LogP contribution in [-0.4, -0.2) is 23.9 Å². The molecule has 0 saturated heterocycles. The zero-order chi connectivity index (χ0) is 17.1. The normalized spacial score (nSPS) is 6.10. The van der Waals surface area contributed by atoms with Gasteiger partial charge in [-0.05, 0) is 24.3 Å². The van der Waals surface area contributed by atoms with Crippen LogP contribution in [0.5, 0.6) is 0 Å². The maximum absolute atomic E-state index is 9.14. The van der Waals surface area contributed by atoms with Gasteiger partial charge in [0.2, 0.25) is 0 Å². The first-order valence-corrected chi connectivity index (χ1v) is 4.42. The van der Waals surface area contributed by atoms with Gasteiger partial charge in [-0.15, -0.1) is 0 Å². The molecule has 0 atom stereocenters. The van der Waals surface area contributed by atoms with Gasteiger partial charge in [-0.2, -0.15) is 0 Å². The molecule has 0 aromatic rings. The van der Waals surface area contributed by atoms with Crippen molar-refractivity contribution in [2.24, 2.45) is 0 Å². The number of carboxylic acid groups (broad SMARTS) is 4. The van der Waals surface area contributed by atoms with Gasteiger partial charge < -0.3 is 39.6 Å². The Morgan fingerprint density at radius 2 is 0.571 bits per heavy atom. The van der Waals surface area contributed by atoms with E-state index in [1.54, 1.807) is 0 Å². The van der Waals surface area contributed by atoms with E-state index in [1.807, 2.05) is 0 Å². The maximum Gasteiger partial charge on any atom is 0.0636 e. The summed E-state index contributed by atoms with van der Waals surface area (Å²) in [5.41, 5.74) is 0. The van der Waals surface area contributed by atoms with Gasteiger partial charge in [-0.3, -0.25) is 0 Å². The Labute approximate surface area is 135 Å². The summed E-state index contributed by atoms with van der Waals surface area (Å²) < 4.78 is 0. The van der Waals surface area contributed by atoms with Gasteiger partial charge in [0, 0.05) is 20.4 Å². The minimum Gasteiger partial charge on any atom is -0.545 e. The minimum absolute atomic E-state index is 0. The van der Waals surface area contributed by atoms with Crippen molar-refractivity contribution >= 4 is 23.9 Å². The van der Waals surface area contributed by atoms with Gasteiger partial charge in [-0.1, -0.05) is 26.3 Å². The largest absolute Gasteiger partial charge is 0.545 e. The van der Waals surface area contributed by atoms with Crippen molar-refractivity contribution in [1.82, 2.24) is 0 Å². The number of rotatable bonds is 4. The Balaban J connectivity index is -0.0000000533. The van der Waals surface area contributed by atoms with Gasteiger partial charge in [0.15, 0.2) is 0 Å². The van der Waals surface area contributed by atoms with E-state index in [1.165, 1.54) is 0 Å². The molecule has 0 spiro atoms. The smallest absolute Gasteiger partial charge is 0.0636 e. The molecule has 0 heterocycles. The van der Waals surface area contributed by atoms with E-state index in [0.29, 0.717) is 0 Å². The molecular weight excluding hydrogens is 458 g/mol. The first-order valence-electron chi connectivity index (χ1n) is 4.42. The molecule has 21 heavy (non-hydrogen) atoms. The second-order valence-electron chi connectivity index (χ2n) is 2.09. The van der Waals surface area contributed by atoms with Crippen LogP contribution in [-0.2, 0) is 39.6 Å². The van der Waals surface area contributed by atoms with Crippen LogP contribution in [0, 0.1) is 0 Å². The van der Waals surface area contributed by atoms with Crippen molar-refractivity contribution in [3.8, 4) is 0 Å². The molecule has 0 saturated carbocycles. The van der Waals surface area contributed by atoms with Crippen LogP contribution < -0.4 is 20.4 Å². The Morgan fingerprint density at radius 3 is 0.571 bits per heavy atom. The second kappa shape index (κ2) is 26.1. The molecule has 9 heteroatoms. The summed E-state index contributed by atoms with van der Waals surface area (Å²) in [4.78, 5) is 36.6. The quantitative estimate of drug-likeness (QED) is 0.373. The molecule has 0 aromatic carbocycles. The average molecular weight is 470 g/mol. The Hall–Kier alpha value is -2.50. The van der Waals surface area contributed by atoms with Crippen molar-refractivity contribution in [1.29, 1.82) is 0 Å². The standard InChI is InChI=1S/4C3H4O2.Re/c4*1-2-3(4)5;/h4*2H,1H2,(H,4,5);/p-4. The topological polar surface area (TPSA) is 161 Å². The summed E-state index contributed by atoms with van der Waals surface area (Å²) in [6, 6.07) is 0. The summed E-state index contributed by atoms with van der Waals surface area (Å²) in [7, 11) is 0. The van der Waals surface area contributed by atoms with Gasteiger partial charge in [0.05, 0.1) is 23.9 Å². The molecule has 1 radical (unpaired) electrons. The Kier molecular flexibility index (Phi) is 38.7. The van der Waals surface area contributed by atoms with E-state index < -0.39 is 23.9 Å². The molecule has 0 fully saturated rings. The molecule has 0 amide bonds. The fraction of sp³-hybridized carbons (Fsp3) is 0. The summed E-state index contributed by atoms with van der Waals surface area (Å²) in [6.45, 7) is 11.6. The van der Waals surface area contributed by atoms with E-state index in [4.69, 9.17) is 39.6 Å². The first-order chi connectivity index (χ1) is 9.08. The van der Waals surface area contributed by atoms with Crippen LogP contribution in [0.25, 0.3) is 0 Å². The van der Waals surface area contributed by atoms with E-state index in [-0.39, 0.29) is 20.4 Å². The van der Waals surface area contributed by atoms with Crippen molar-refractivity contribution in [2.75, 3.05) is 0 Å². The molecule has 0 aliphatic heterocycles. The van der Waals surface area contributed by atoms with E-state index in [2.05, 4.69) is 26.3 Å². The Morgan fingerprint density at radius 1 is 0.524 bits per heavy atom. The molecule has 8 nitrogen and oxygen atoms in total. The molecule has 0 aliphatic rings. The maximum atomic E-state index is 9.14. The number of carbonyl (C=O) groups is 4. The zero-order valence-corrected chi connectivity index (χ0v) is 13.5. The first kappa shape index (κ1) is 31.1. The van der Waals surface area contributed by atoms with Crippen molar-refractivity contribution in [2.45, 2.75) is 0 Å². The predicted molar refractivity (Wildman–Crippen MR) is 60.8 cm³/mol. The van der Waals surface area contributed by atoms with Crippen LogP contribution in [0.1, 0.15) is 0 Å². The number of hydrogen-bond donors (Lipinski definition) is 0. The summed E-state index contributed by atoms with van der Waals surface area (Å²) in [5, 5.41) is 36.6. The monoisotopic (exact) mass is 471 g/mol. The van der Waals surface area contributed by atoms with Crippen LogP contribution in [0.2, 0.25) is 0 Å². The van der Waals surface area contributed by atoms with Crippen LogP contribution in [0.15, 0.2) is 50.6 Å². The molecule has 0 N–H and O–H groups in total. The van der Waals surface area contributed by atoms with Crippen molar-refractivity contribution in [3.05, 3.63) is 50.6 Å². The molecule has 119 valence electrons. The molecule has 0 aromatic heterocycles. The van der Waals surface area contributed by atoms with Crippen LogP contribution >= 0.6 is 0 Å². The van der Waals surface area contributed by atoms with E-state index in [0.717, 1.165) is 24.3 Å². The molecule has 0 bridgehead atoms. The molecule has 0 aliphatic carbocycles. The van der Waals surface area contributed by atoms with Gasteiger partial charge >= 0.3 is 0 Å². The van der Waals surface area contributed by atoms with Crippen molar-refractivity contribution in [3.63, 3.8) is 0 Å². The summed E-state index contributed by atoms with van der Waals surface area (Å²) in [5.74, 6) is -4.93. The number of hydrogen-bond acceptors (Lipinski definition) is 8. The fourth-order valence-electron chi connectivity index (χ4n) is 0. The van der Waals surface area contributed by atoms with Gasteiger partial charge in [-0.25, -0.2) is 0 Å². The number of aliphatic carboxylic acids is 4. The zero-order valence-electron chi connectivity index (χ0n) is 10.8. The third-order valence-electron chi connectivity index (χ3n) is 0.667. The van der Waals surface area contributed by atoms with E-state index in [9.17, 15) is 0 Å².